The molecule has 0 bridgehead atoms. The number of nitrogens with zero attached hydrogens (tertiary/aromatic N) is 1. The summed E-state index contributed by atoms with van der Waals surface area (Å²) in [7, 11) is 1.60. The van der Waals surface area contributed by atoms with Crippen LogP contribution in [0.4, 0.5) is 9.59 Å². The first-order valence-corrected chi connectivity index (χ1v) is 16.0. The Bertz CT molecular complexity index is 1960. The molecule has 1 atom stereocenters. The van der Waals surface area contributed by atoms with Crippen molar-refractivity contribution in [2.75, 3.05) is 13.7 Å². The first-order valence-electron chi connectivity index (χ1n) is 16.0. The molecule has 1 aliphatic carbocycles. The van der Waals surface area contributed by atoms with E-state index >= 15 is 0 Å². The normalized spacial score (nSPS) is 12.9. The smallest absolute Gasteiger partial charge is 0.419 e. The Kier molecular flexibility index (Phi) is 9.31. The fourth-order valence-corrected chi connectivity index (χ4v) is 6.08. The van der Waals surface area contributed by atoms with Crippen molar-refractivity contribution in [3.8, 4) is 22.6 Å². The van der Waals surface area contributed by atoms with Crippen molar-refractivity contribution in [1.82, 2.24) is 9.88 Å². The minimum absolute atomic E-state index is 0.0407. The SMILES string of the molecule is COc1ccc(COc2ccc3c(c2)c(C[C@H](NC(=O)OCC2c4ccccc4-c4ccccc42)C(=O)O)cn3C(=O)OC(C)(C)C)cc1. The van der Waals surface area contributed by atoms with E-state index in [0.717, 1.165) is 33.6 Å². The summed E-state index contributed by atoms with van der Waals surface area (Å²) in [4.78, 5) is 38.7. The molecule has 0 saturated heterocycles. The lowest BCUT2D eigenvalue weighted by Crippen LogP contribution is -2.42. The van der Waals surface area contributed by atoms with Crippen LogP contribution >= 0.6 is 0 Å². The van der Waals surface area contributed by atoms with Crippen molar-refractivity contribution in [2.45, 2.75) is 51.4 Å². The average molecular weight is 663 g/mol. The molecule has 10 nitrogen and oxygen atoms in total. The van der Waals surface area contributed by atoms with Gasteiger partial charge in [0.2, 0.25) is 0 Å². The predicted molar refractivity (Wildman–Crippen MR) is 184 cm³/mol. The molecule has 2 N–H and O–H groups in total. The lowest BCUT2D eigenvalue weighted by atomic mass is 9.98. The van der Waals surface area contributed by atoms with Gasteiger partial charge in [-0.05, 0) is 84.5 Å². The summed E-state index contributed by atoms with van der Waals surface area (Å²) >= 11 is 0. The van der Waals surface area contributed by atoms with Gasteiger partial charge in [0, 0.05) is 23.9 Å². The maximum atomic E-state index is 13.2. The Hall–Kier alpha value is -5.77. The van der Waals surface area contributed by atoms with E-state index in [9.17, 15) is 19.5 Å². The number of rotatable bonds is 10. The van der Waals surface area contributed by atoms with Crippen molar-refractivity contribution in [3.05, 3.63) is 119 Å². The number of carbonyl (C=O) groups excluding carboxylic acids is 2. The Morgan fingerprint density at radius 2 is 1.51 bits per heavy atom. The van der Waals surface area contributed by atoms with E-state index in [4.69, 9.17) is 18.9 Å². The van der Waals surface area contributed by atoms with E-state index in [1.807, 2.05) is 72.8 Å². The second-order valence-electron chi connectivity index (χ2n) is 12.9. The van der Waals surface area contributed by atoms with Gasteiger partial charge in [0.05, 0.1) is 12.6 Å². The van der Waals surface area contributed by atoms with Crippen molar-refractivity contribution in [2.24, 2.45) is 0 Å². The van der Waals surface area contributed by atoms with Crippen LogP contribution in [-0.4, -0.2) is 53.2 Å². The zero-order valence-electron chi connectivity index (χ0n) is 27.8. The van der Waals surface area contributed by atoms with Crippen LogP contribution in [0.15, 0.2) is 97.2 Å². The molecule has 6 rings (SSSR count). The van der Waals surface area contributed by atoms with Gasteiger partial charge in [0.1, 0.15) is 36.4 Å². The number of alkyl carbamates (subject to hydrolysis) is 1. The number of fused-ring (bicyclic) bond motifs is 4. The number of carboxylic acids is 1. The molecule has 0 fully saturated rings. The van der Waals surface area contributed by atoms with Gasteiger partial charge in [-0.2, -0.15) is 0 Å². The molecule has 0 unspecified atom stereocenters. The molecule has 4 aromatic carbocycles. The highest BCUT2D eigenvalue weighted by atomic mass is 16.6. The topological polar surface area (TPSA) is 125 Å². The summed E-state index contributed by atoms with van der Waals surface area (Å²) in [6.07, 6.45) is -0.0598. The molecule has 1 aromatic heterocycles. The molecule has 1 heterocycles. The monoisotopic (exact) mass is 662 g/mol. The van der Waals surface area contributed by atoms with Crippen LogP contribution in [0.2, 0.25) is 0 Å². The number of nitrogens with one attached hydrogen (secondary N) is 1. The van der Waals surface area contributed by atoms with Crippen molar-refractivity contribution >= 4 is 29.1 Å². The molecule has 0 radical (unpaired) electrons. The maximum absolute atomic E-state index is 13.2. The summed E-state index contributed by atoms with van der Waals surface area (Å²) in [6.45, 7) is 5.61. The molecule has 0 spiro atoms. The number of ether oxygens (including phenoxy) is 4. The quantitative estimate of drug-likeness (QED) is 0.157. The van der Waals surface area contributed by atoms with E-state index in [-0.39, 0.29) is 25.6 Å². The van der Waals surface area contributed by atoms with Crippen molar-refractivity contribution < 1.29 is 38.4 Å². The maximum Gasteiger partial charge on any atom is 0.419 e. The van der Waals surface area contributed by atoms with Gasteiger partial charge in [-0.1, -0.05) is 60.7 Å². The number of carbonyl (C=O) groups is 3. The Labute approximate surface area is 284 Å². The molecule has 1 amide bonds. The number of hydrogen-bond donors (Lipinski definition) is 2. The lowest BCUT2D eigenvalue weighted by molar-refractivity contribution is -0.139. The van der Waals surface area contributed by atoms with Crippen LogP contribution in [-0.2, 0) is 27.3 Å². The van der Waals surface area contributed by atoms with Gasteiger partial charge < -0.3 is 29.4 Å². The highest BCUT2D eigenvalue weighted by Gasteiger charge is 2.30. The Morgan fingerprint density at radius 3 is 2.12 bits per heavy atom. The molecule has 10 heteroatoms. The summed E-state index contributed by atoms with van der Waals surface area (Å²) in [5.74, 6) is -0.177. The van der Waals surface area contributed by atoms with Crippen LogP contribution in [0, 0.1) is 0 Å². The summed E-state index contributed by atoms with van der Waals surface area (Å²) in [5, 5.41) is 13.3. The third-order valence-electron chi connectivity index (χ3n) is 8.37. The van der Waals surface area contributed by atoms with Crippen LogP contribution in [0.5, 0.6) is 11.5 Å². The third kappa shape index (κ3) is 7.38. The predicted octanol–water partition coefficient (Wildman–Crippen LogP) is 7.55. The second-order valence-corrected chi connectivity index (χ2v) is 12.9. The zero-order valence-corrected chi connectivity index (χ0v) is 27.8. The van der Waals surface area contributed by atoms with Crippen LogP contribution in [0.3, 0.4) is 0 Å². The second kappa shape index (κ2) is 13.8. The molecule has 0 aliphatic heterocycles. The number of aliphatic carboxylic acids is 1. The third-order valence-corrected chi connectivity index (χ3v) is 8.37. The summed E-state index contributed by atoms with van der Waals surface area (Å²) < 4.78 is 23.9. The summed E-state index contributed by atoms with van der Waals surface area (Å²) in [6, 6.07) is 27.3. The van der Waals surface area contributed by atoms with Gasteiger partial charge in [0.25, 0.3) is 0 Å². The highest BCUT2D eigenvalue weighted by molar-refractivity contribution is 5.93. The van der Waals surface area contributed by atoms with E-state index in [1.54, 1.807) is 52.3 Å². The van der Waals surface area contributed by atoms with Crippen LogP contribution < -0.4 is 14.8 Å². The number of aromatic nitrogens is 1. The van der Waals surface area contributed by atoms with Crippen molar-refractivity contribution in [1.29, 1.82) is 0 Å². The standard InChI is InChI=1S/C39H38N2O8/c1-39(2,3)49-38(45)41-21-25(32-20-27(17-18-35(32)41)47-22-24-13-15-26(46-4)16-14-24)19-34(36(42)43)40-37(44)48-23-33-30-11-7-5-9-28(30)29-10-6-8-12-31(29)33/h5-18,20-21,33-34H,19,22-23H2,1-4H3,(H,40,44)(H,42,43)/t34-/m0/s1. The molecule has 5 aromatic rings. The Morgan fingerprint density at radius 1 is 0.878 bits per heavy atom. The van der Waals surface area contributed by atoms with E-state index < -0.39 is 29.8 Å². The number of hydrogen-bond acceptors (Lipinski definition) is 7. The van der Waals surface area contributed by atoms with Gasteiger partial charge >= 0.3 is 18.2 Å². The molecular formula is C39H38N2O8. The number of amides is 1. The van der Waals surface area contributed by atoms with Gasteiger partial charge in [-0.3, -0.25) is 4.57 Å². The first-order chi connectivity index (χ1) is 23.5. The lowest BCUT2D eigenvalue weighted by Gasteiger charge is -2.19. The first kappa shape index (κ1) is 33.1. The van der Waals surface area contributed by atoms with Crippen LogP contribution in [0.25, 0.3) is 22.0 Å². The fourth-order valence-electron chi connectivity index (χ4n) is 6.08. The van der Waals surface area contributed by atoms with E-state index in [1.165, 1.54) is 4.57 Å². The average Bonchev–Trinajstić information content (AvgIpc) is 3.60. The molecule has 0 saturated carbocycles. The largest absolute Gasteiger partial charge is 0.497 e. The molecule has 252 valence electrons. The van der Waals surface area contributed by atoms with Crippen LogP contribution in [0.1, 0.15) is 48.9 Å². The zero-order chi connectivity index (χ0) is 34.7. The number of benzene rings is 4. The molecule has 49 heavy (non-hydrogen) atoms. The number of methoxy groups -OCH3 is 1. The minimum atomic E-state index is -1.35. The summed E-state index contributed by atoms with van der Waals surface area (Å²) in [5.41, 5.74) is 5.44. The molecular weight excluding hydrogens is 624 g/mol. The van der Waals surface area contributed by atoms with Gasteiger partial charge in [-0.25, -0.2) is 14.4 Å². The minimum Gasteiger partial charge on any atom is -0.497 e. The fraction of sp³-hybridized carbons (Fsp3) is 0.256. The van der Waals surface area contributed by atoms with E-state index in [2.05, 4.69) is 5.32 Å². The van der Waals surface area contributed by atoms with Gasteiger partial charge in [-0.15, -0.1) is 0 Å². The molecule has 1 aliphatic rings. The highest BCUT2D eigenvalue weighted by Crippen LogP contribution is 2.44. The number of carboxylic acid groups (broad SMARTS) is 1. The van der Waals surface area contributed by atoms with E-state index in [0.29, 0.717) is 22.2 Å². The van der Waals surface area contributed by atoms with Gasteiger partial charge in [0.15, 0.2) is 0 Å². The van der Waals surface area contributed by atoms with Crippen molar-refractivity contribution in [3.63, 3.8) is 0 Å². The Balaban J connectivity index is 1.21.